The first-order valence-corrected chi connectivity index (χ1v) is 7.04. The zero-order chi connectivity index (χ0) is 14.6. The van der Waals surface area contributed by atoms with E-state index in [1.807, 2.05) is 31.2 Å². The molecular weight excluding hydrogens is 267 g/mol. The van der Waals surface area contributed by atoms with Crippen LogP contribution in [0.3, 0.4) is 0 Å². The predicted molar refractivity (Wildman–Crippen MR) is 71.8 cm³/mol. The number of rotatable bonds is 4. The predicted octanol–water partition coefficient (Wildman–Crippen LogP) is 4.08. The monoisotopic (exact) mass is 287 g/mol. The lowest BCUT2D eigenvalue weighted by molar-refractivity contribution is -0.183. The molecule has 1 heterocycles. The second kappa shape index (κ2) is 6.48. The smallest absolute Gasteiger partial charge is 0.391 e. The number of piperidine rings is 1. The Hall–Kier alpha value is -1.23. The van der Waals surface area contributed by atoms with Crippen LogP contribution in [0.15, 0.2) is 24.3 Å². The van der Waals surface area contributed by atoms with Crippen molar-refractivity contribution in [1.29, 1.82) is 0 Å². The van der Waals surface area contributed by atoms with Crippen LogP contribution in [0.2, 0.25) is 0 Å². The minimum Gasteiger partial charge on any atom is -0.493 e. The Morgan fingerprint density at radius 1 is 1.30 bits per heavy atom. The van der Waals surface area contributed by atoms with Gasteiger partial charge in [0.2, 0.25) is 0 Å². The van der Waals surface area contributed by atoms with E-state index in [4.69, 9.17) is 4.74 Å². The van der Waals surface area contributed by atoms with Crippen LogP contribution < -0.4 is 10.1 Å². The fourth-order valence-electron chi connectivity index (χ4n) is 2.56. The number of hydrogen-bond donors (Lipinski definition) is 1. The van der Waals surface area contributed by atoms with Crippen LogP contribution in [0.5, 0.6) is 5.75 Å². The summed E-state index contributed by atoms with van der Waals surface area (Å²) in [6.45, 7) is 2.96. The van der Waals surface area contributed by atoms with Crippen LogP contribution >= 0.6 is 0 Å². The van der Waals surface area contributed by atoms with E-state index in [1.54, 1.807) is 0 Å². The maximum atomic E-state index is 12.9. The zero-order valence-electron chi connectivity index (χ0n) is 11.5. The molecule has 2 unspecified atom stereocenters. The Balaban J connectivity index is 2.14. The molecule has 0 spiro atoms. The maximum absolute atomic E-state index is 12.9. The molecule has 112 valence electrons. The van der Waals surface area contributed by atoms with Gasteiger partial charge in [-0.25, -0.2) is 0 Å². The van der Waals surface area contributed by atoms with Crippen LogP contribution in [-0.4, -0.2) is 19.3 Å². The van der Waals surface area contributed by atoms with E-state index in [0.717, 1.165) is 12.0 Å². The first-order valence-electron chi connectivity index (χ1n) is 7.04. The quantitative estimate of drug-likeness (QED) is 0.901. The number of halogens is 3. The van der Waals surface area contributed by atoms with Gasteiger partial charge in [0, 0.05) is 11.6 Å². The average Bonchev–Trinajstić information content (AvgIpc) is 2.45. The number of benzene rings is 1. The minimum absolute atomic E-state index is 0.0794. The van der Waals surface area contributed by atoms with Gasteiger partial charge < -0.3 is 10.1 Å². The van der Waals surface area contributed by atoms with E-state index < -0.39 is 12.1 Å². The van der Waals surface area contributed by atoms with Crippen molar-refractivity contribution in [3.63, 3.8) is 0 Å². The van der Waals surface area contributed by atoms with Gasteiger partial charge in [-0.1, -0.05) is 25.1 Å². The number of nitrogens with one attached hydrogen (secondary N) is 1. The fourth-order valence-corrected chi connectivity index (χ4v) is 2.56. The summed E-state index contributed by atoms with van der Waals surface area (Å²) in [6.07, 6.45) is -3.01. The molecule has 0 amide bonds. The summed E-state index contributed by atoms with van der Waals surface area (Å²) in [4.78, 5) is 0. The molecule has 1 aliphatic rings. The van der Waals surface area contributed by atoms with E-state index in [9.17, 15) is 13.2 Å². The molecule has 1 aliphatic heterocycles. The number of alkyl halides is 3. The van der Waals surface area contributed by atoms with Crippen molar-refractivity contribution in [1.82, 2.24) is 5.32 Å². The lowest BCUT2D eigenvalue weighted by atomic mass is 9.88. The summed E-state index contributed by atoms with van der Waals surface area (Å²) in [5.74, 6) is -0.539. The van der Waals surface area contributed by atoms with Gasteiger partial charge in [-0.05, 0) is 31.9 Å². The molecule has 1 fully saturated rings. The highest BCUT2D eigenvalue weighted by atomic mass is 19.4. The molecule has 0 bridgehead atoms. The Morgan fingerprint density at radius 2 is 2.05 bits per heavy atom. The minimum atomic E-state index is -4.11. The van der Waals surface area contributed by atoms with Gasteiger partial charge in [0.05, 0.1) is 12.5 Å². The molecular formula is C15H20F3NO. The Labute approximate surface area is 117 Å². The normalized spacial score (nSPS) is 23.6. The molecule has 2 atom stereocenters. The summed E-state index contributed by atoms with van der Waals surface area (Å²) in [7, 11) is 0. The molecule has 0 aliphatic carbocycles. The van der Waals surface area contributed by atoms with Gasteiger partial charge in [0.15, 0.2) is 0 Å². The van der Waals surface area contributed by atoms with Crippen molar-refractivity contribution >= 4 is 0 Å². The molecule has 2 rings (SSSR count). The van der Waals surface area contributed by atoms with Crippen LogP contribution in [0.4, 0.5) is 13.2 Å². The third kappa shape index (κ3) is 3.66. The van der Waals surface area contributed by atoms with Gasteiger partial charge in [0.1, 0.15) is 5.75 Å². The van der Waals surface area contributed by atoms with Gasteiger partial charge in [-0.15, -0.1) is 0 Å². The highest BCUT2D eigenvalue weighted by Gasteiger charge is 2.42. The van der Waals surface area contributed by atoms with E-state index in [1.165, 1.54) is 0 Å². The van der Waals surface area contributed by atoms with Crippen molar-refractivity contribution in [2.45, 2.75) is 38.4 Å². The summed E-state index contributed by atoms with van der Waals surface area (Å²) in [5.41, 5.74) is 0.829. The van der Waals surface area contributed by atoms with Crippen LogP contribution in [0.25, 0.3) is 0 Å². The van der Waals surface area contributed by atoms with Gasteiger partial charge in [-0.3, -0.25) is 0 Å². The topological polar surface area (TPSA) is 21.3 Å². The molecule has 0 radical (unpaired) electrons. The number of hydrogen-bond acceptors (Lipinski definition) is 2. The molecule has 0 aromatic heterocycles. The van der Waals surface area contributed by atoms with Crippen molar-refractivity contribution in [2.24, 2.45) is 5.92 Å². The van der Waals surface area contributed by atoms with Gasteiger partial charge in [-0.2, -0.15) is 13.2 Å². The van der Waals surface area contributed by atoms with Crippen molar-refractivity contribution in [3.8, 4) is 5.75 Å². The zero-order valence-corrected chi connectivity index (χ0v) is 11.5. The van der Waals surface area contributed by atoms with Crippen molar-refractivity contribution < 1.29 is 17.9 Å². The van der Waals surface area contributed by atoms with Gasteiger partial charge in [0.25, 0.3) is 0 Å². The van der Waals surface area contributed by atoms with Crippen LogP contribution in [0.1, 0.15) is 37.8 Å². The number of para-hydroxylation sites is 1. The van der Waals surface area contributed by atoms with Crippen LogP contribution in [-0.2, 0) is 0 Å². The molecule has 1 saturated heterocycles. The molecule has 1 aromatic carbocycles. The van der Waals surface area contributed by atoms with E-state index in [-0.39, 0.29) is 18.9 Å². The second-order valence-electron chi connectivity index (χ2n) is 5.16. The molecule has 1 N–H and O–H groups in total. The molecule has 0 saturated carbocycles. The summed E-state index contributed by atoms with van der Waals surface area (Å²) in [6, 6.07) is 7.07. The third-order valence-electron chi connectivity index (χ3n) is 3.62. The Kier molecular flexibility index (Phi) is 4.91. The lowest BCUT2D eigenvalue weighted by Gasteiger charge is -2.32. The van der Waals surface area contributed by atoms with Crippen molar-refractivity contribution in [3.05, 3.63) is 29.8 Å². The SMILES string of the molecule is CCCOc1ccccc1C1CC(C(F)(F)F)CCN1. The van der Waals surface area contributed by atoms with Crippen molar-refractivity contribution in [2.75, 3.05) is 13.2 Å². The summed E-state index contributed by atoms with van der Waals surface area (Å²) >= 11 is 0. The average molecular weight is 287 g/mol. The summed E-state index contributed by atoms with van der Waals surface area (Å²) in [5, 5.41) is 3.17. The maximum Gasteiger partial charge on any atom is 0.391 e. The Bertz CT molecular complexity index is 433. The molecule has 20 heavy (non-hydrogen) atoms. The largest absolute Gasteiger partial charge is 0.493 e. The highest BCUT2D eigenvalue weighted by molar-refractivity contribution is 5.36. The second-order valence-corrected chi connectivity index (χ2v) is 5.16. The first-order chi connectivity index (χ1) is 9.52. The van der Waals surface area contributed by atoms with E-state index in [0.29, 0.717) is 18.9 Å². The molecule has 2 nitrogen and oxygen atoms in total. The van der Waals surface area contributed by atoms with Crippen LogP contribution in [0, 0.1) is 5.92 Å². The highest BCUT2D eigenvalue weighted by Crippen LogP contribution is 2.40. The standard InChI is InChI=1S/C15H20F3NO/c1-2-9-20-14-6-4-3-5-12(14)13-10-11(7-8-19-13)15(16,17)18/h3-6,11,13,19H,2,7-10H2,1H3. The summed E-state index contributed by atoms with van der Waals surface area (Å²) < 4.78 is 44.3. The third-order valence-corrected chi connectivity index (χ3v) is 3.62. The first kappa shape index (κ1) is 15.2. The van der Waals surface area contributed by atoms with Gasteiger partial charge >= 0.3 is 6.18 Å². The molecule has 1 aromatic rings. The molecule has 5 heteroatoms. The van der Waals surface area contributed by atoms with E-state index in [2.05, 4.69) is 5.32 Å². The van der Waals surface area contributed by atoms with E-state index >= 15 is 0 Å². The fraction of sp³-hybridized carbons (Fsp3) is 0.600. The lowest BCUT2D eigenvalue weighted by Crippen LogP contribution is -2.38. The Morgan fingerprint density at radius 3 is 2.75 bits per heavy atom. The number of ether oxygens (including phenoxy) is 1.